The summed E-state index contributed by atoms with van der Waals surface area (Å²) in [5.41, 5.74) is 1.28. The Morgan fingerprint density at radius 3 is 2.64 bits per heavy atom. The Morgan fingerprint density at radius 2 is 2.00 bits per heavy atom. The summed E-state index contributed by atoms with van der Waals surface area (Å²) in [6, 6.07) is 2.55. The van der Waals surface area contributed by atoms with Gasteiger partial charge in [0.2, 0.25) is 0 Å². The lowest BCUT2D eigenvalue weighted by molar-refractivity contribution is -0.130. The van der Waals surface area contributed by atoms with E-state index in [1.54, 1.807) is 6.08 Å². The highest BCUT2D eigenvalue weighted by Crippen LogP contribution is 2.40. The number of aromatic nitrogens is 1. The zero-order valence-electron chi connectivity index (χ0n) is 23.7. The molecule has 10 heteroatoms. The number of hydrogen-bond acceptors (Lipinski definition) is 6. The van der Waals surface area contributed by atoms with Crippen LogP contribution in [0, 0.1) is 12.7 Å². The molecule has 0 aliphatic carbocycles. The van der Waals surface area contributed by atoms with Crippen LogP contribution in [0.1, 0.15) is 69.1 Å². The van der Waals surface area contributed by atoms with Crippen molar-refractivity contribution in [1.82, 2.24) is 14.8 Å². The van der Waals surface area contributed by atoms with E-state index in [9.17, 15) is 24.2 Å². The Bertz CT molecular complexity index is 1300. The van der Waals surface area contributed by atoms with Crippen LogP contribution in [0.15, 0.2) is 12.1 Å². The van der Waals surface area contributed by atoms with Crippen molar-refractivity contribution in [2.24, 2.45) is 0 Å². The molecule has 1 atom stereocenters. The number of halogens is 1. The van der Waals surface area contributed by atoms with Gasteiger partial charge in [-0.3, -0.25) is 14.5 Å². The van der Waals surface area contributed by atoms with E-state index in [1.165, 1.54) is 26.0 Å². The molecule has 3 heterocycles. The van der Waals surface area contributed by atoms with Crippen LogP contribution in [0.5, 0.6) is 0 Å². The van der Waals surface area contributed by atoms with E-state index in [0.717, 1.165) is 62.4 Å². The second kappa shape index (κ2) is 10.8. The first-order valence-corrected chi connectivity index (χ1v) is 13.6. The van der Waals surface area contributed by atoms with E-state index < -0.39 is 29.0 Å². The highest BCUT2D eigenvalue weighted by Gasteiger charge is 2.38. The minimum Gasteiger partial charge on any atom is -0.381 e. The first-order chi connectivity index (χ1) is 18.3. The molecular weight excluding hydrogens is 501 g/mol. The van der Waals surface area contributed by atoms with E-state index in [2.05, 4.69) is 39.3 Å². The predicted octanol–water partition coefficient (Wildman–Crippen LogP) is 3.42. The Balaban J connectivity index is 1.66. The van der Waals surface area contributed by atoms with Crippen LogP contribution in [-0.4, -0.2) is 75.1 Å². The molecule has 4 rings (SSSR count). The van der Waals surface area contributed by atoms with Crippen molar-refractivity contribution in [2.45, 2.75) is 65.7 Å². The van der Waals surface area contributed by atoms with Gasteiger partial charge in [-0.25, -0.2) is 4.39 Å². The molecule has 0 spiro atoms. The van der Waals surface area contributed by atoms with E-state index in [1.807, 2.05) is 13.8 Å². The number of rotatable bonds is 8. The molecule has 0 saturated heterocycles. The van der Waals surface area contributed by atoms with Crippen LogP contribution in [0.4, 0.5) is 15.8 Å². The second-order valence-electron chi connectivity index (χ2n) is 11.1. The van der Waals surface area contributed by atoms with Gasteiger partial charge in [0.25, 0.3) is 11.8 Å². The predicted molar refractivity (Wildman–Crippen MR) is 151 cm³/mol. The Hall–Kier alpha value is -3.05. The summed E-state index contributed by atoms with van der Waals surface area (Å²) in [5.74, 6) is -1.88. The summed E-state index contributed by atoms with van der Waals surface area (Å²) in [4.78, 5) is 32.9. The number of carbonyl (C=O) groups is 2. The molecular formula is C29H40FN5O4. The number of fused-ring (bicyclic) bond motifs is 2. The largest absolute Gasteiger partial charge is 0.381 e. The third kappa shape index (κ3) is 5.65. The van der Waals surface area contributed by atoms with Crippen molar-refractivity contribution >= 4 is 34.8 Å². The Morgan fingerprint density at radius 1 is 1.31 bits per heavy atom. The number of benzene rings is 1. The maximum absolute atomic E-state index is 15.0. The van der Waals surface area contributed by atoms with Crippen molar-refractivity contribution in [3.63, 3.8) is 0 Å². The molecule has 212 valence electrons. The van der Waals surface area contributed by atoms with Gasteiger partial charge in [0.1, 0.15) is 17.1 Å². The van der Waals surface area contributed by atoms with E-state index in [4.69, 9.17) is 0 Å². The van der Waals surface area contributed by atoms with Crippen LogP contribution < -0.4 is 10.6 Å². The standard InChI is InChI=1S/C29H40FN5O4/c1-7-34(8-2)12-13-35-11-9-10-21-25(29(35,6)39)17(3)22(31-21)15-19-18-14-20(30)24(16-23(18)32-26(19)36)33-27(37)28(4,5)38/h14-16,31,38-39H,7-13H2,1-6H3,(H,32,36)(H,33,37)/b19-15-. The fourth-order valence-electron chi connectivity index (χ4n) is 5.48. The van der Waals surface area contributed by atoms with Crippen LogP contribution in [-0.2, 0) is 21.7 Å². The summed E-state index contributed by atoms with van der Waals surface area (Å²) in [6.45, 7) is 14.9. The average Bonchev–Trinajstić information content (AvgIpc) is 3.29. The highest BCUT2D eigenvalue weighted by atomic mass is 19.1. The summed E-state index contributed by atoms with van der Waals surface area (Å²) >= 11 is 0. The van der Waals surface area contributed by atoms with Crippen molar-refractivity contribution < 1.29 is 24.2 Å². The summed E-state index contributed by atoms with van der Waals surface area (Å²) in [7, 11) is 0. The Labute approximate surface area is 229 Å². The lowest BCUT2D eigenvalue weighted by Gasteiger charge is -2.37. The number of aliphatic hydroxyl groups is 2. The minimum atomic E-state index is -1.69. The highest BCUT2D eigenvalue weighted by molar-refractivity contribution is 6.35. The third-order valence-electron chi connectivity index (χ3n) is 7.87. The zero-order chi connectivity index (χ0) is 28.7. The van der Waals surface area contributed by atoms with E-state index in [0.29, 0.717) is 16.9 Å². The number of likely N-dealkylation sites (N-methyl/N-ethyl adjacent to an activating group) is 1. The second-order valence-corrected chi connectivity index (χ2v) is 11.1. The van der Waals surface area contributed by atoms with Crippen molar-refractivity contribution in [1.29, 1.82) is 0 Å². The molecule has 1 aromatic carbocycles. The number of aryl methyl sites for hydroxylation is 1. The molecule has 0 bridgehead atoms. The molecule has 0 radical (unpaired) electrons. The molecule has 0 saturated carbocycles. The zero-order valence-corrected chi connectivity index (χ0v) is 23.7. The number of H-pyrrole nitrogens is 1. The molecule has 5 N–H and O–H groups in total. The van der Waals surface area contributed by atoms with Gasteiger partial charge < -0.3 is 30.7 Å². The number of carbonyl (C=O) groups excluding carboxylic acids is 2. The van der Waals surface area contributed by atoms with Gasteiger partial charge in [-0.05, 0) is 77.4 Å². The van der Waals surface area contributed by atoms with Gasteiger partial charge in [0.15, 0.2) is 0 Å². The summed E-state index contributed by atoms with van der Waals surface area (Å²) in [6.07, 6.45) is 3.33. The number of nitrogens with one attached hydrogen (secondary N) is 3. The Kier molecular flexibility index (Phi) is 8.05. The quantitative estimate of drug-likeness (QED) is 0.327. The molecule has 39 heavy (non-hydrogen) atoms. The van der Waals surface area contributed by atoms with Gasteiger partial charge in [0.05, 0.1) is 16.9 Å². The molecule has 1 unspecified atom stereocenters. The summed E-state index contributed by atoms with van der Waals surface area (Å²) < 4.78 is 15.0. The number of hydrogen-bond donors (Lipinski definition) is 5. The molecule has 0 fully saturated rings. The van der Waals surface area contributed by atoms with Gasteiger partial charge >= 0.3 is 0 Å². The van der Waals surface area contributed by atoms with E-state index in [-0.39, 0.29) is 11.3 Å². The number of aromatic amines is 1. The van der Waals surface area contributed by atoms with Crippen LogP contribution in [0.25, 0.3) is 11.6 Å². The molecule has 2 aliphatic heterocycles. The topological polar surface area (TPSA) is 121 Å². The van der Waals surface area contributed by atoms with Gasteiger partial charge in [-0.1, -0.05) is 13.8 Å². The number of anilines is 2. The lowest BCUT2D eigenvalue weighted by Crippen LogP contribution is -2.47. The normalized spacial score (nSPS) is 20.7. The third-order valence-corrected chi connectivity index (χ3v) is 7.87. The first-order valence-electron chi connectivity index (χ1n) is 13.6. The average molecular weight is 542 g/mol. The fraction of sp³-hybridized carbons (Fsp3) is 0.517. The van der Waals surface area contributed by atoms with Gasteiger partial charge in [0, 0.05) is 42.1 Å². The monoisotopic (exact) mass is 541 g/mol. The molecule has 2 amide bonds. The van der Waals surface area contributed by atoms with Crippen LogP contribution in [0.2, 0.25) is 0 Å². The van der Waals surface area contributed by atoms with Crippen LogP contribution >= 0.6 is 0 Å². The van der Waals surface area contributed by atoms with E-state index >= 15 is 0 Å². The number of amides is 2. The molecule has 9 nitrogen and oxygen atoms in total. The van der Waals surface area contributed by atoms with Crippen molar-refractivity contribution in [2.75, 3.05) is 43.4 Å². The maximum atomic E-state index is 15.0. The first kappa shape index (κ1) is 28.9. The molecule has 1 aromatic heterocycles. The van der Waals surface area contributed by atoms with Crippen LogP contribution in [0.3, 0.4) is 0 Å². The smallest absolute Gasteiger partial charge is 0.256 e. The van der Waals surface area contributed by atoms with Crippen molar-refractivity contribution in [3.05, 3.63) is 46.0 Å². The van der Waals surface area contributed by atoms with Gasteiger partial charge in [-0.2, -0.15) is 0 Å². The lowest BCUT2D eigenvalue weighted by atomic mass is 9.97. The SMILES string of the molecule is CCN(CC)CCN1CCCc2[nH]c(/C=C3\C(=O)Nc4cc(NC(=O)C(C)(C)O)c(F)cc43)c(C)c2C1(C)O. The molecule has 2 aromatic rings. The van der Waals surface area contributed by atoms with Gasteiger partial charge in [-0.15, -0.1) is 0 Å². The number of nitrogens with zero attached hydrogens (tertiary/aromatic N) is 2. The minimum absolute atomic E-state index is 0.133. The fourth-order valence-corrected chi connectivity index (χ4v) is 5.48. The molecule has 2 aliphatic rings. The maximum Gasteiger partial charge on any atom is 0.256 e. The summed E-state index contributed by atoms with van der Waals surface area (Å²) in [5, 5.41) is 26.8. The van der Waals surface area contributed by atoms with Crippen molar-refractivity contribution in [3.8, 4) is 0 Å².